The van der Waals surface area contributed by atoms with Gasteiger partial charge in [0.15, 0.2) is 5.75 Å². The molecule has 0 saturated carbocycles. The Morgan fingerprint density at radius 3 is 2.50 bits per heavy atom. The summed E-state index contributed by atoms with van der Waals surface area (Å²) in [5, 5.41) is 23.3. The summed E-state index contributed by atoms with van der Waals surface area (Å²) in [6.07, 6.45) is -0.141. The van der Waals surface area contributed by atoms with Gasteiger partial charge in [0, 0.05) is 30.5 Å². The minimum absolute atomic E-state index is 0.0490. The highest BCUT2D eigenvalue weighted by Gasteiger charge is 2.18. The first-order chi connectivity index (χ1) is 9.35. The summed E-state index contributed by atoms with van der Waals surface area (Å²) in [6, 6.07) is 4.74. The van der Waals surface area contributed by atoms with Crippen molar-refractivity contribution in [2.75, 3.05) is 11.9 Å². The number of rotatable bonds is 7. The molecule has 20 heavy (non-hydrogen) atoms. The molecule has 2 atom stereocenters. The lowest BCUT2D eigenvalue weighted by Gasteiger charge is -2.21. The third-order valence-corrected chi connectivity index (χ3v) is 3.06. The topological polar surface area (TPSA) is 84.6 Å². The van der Waals surface area contributed by atoms with Gasteiger partial charge < -0.3 is 15.2 Å². The number of aliphatic hydroxyl groups excluding tert-OH is 1. The van der Waals surface area contributed by atoms with Crippen molar-refractivity contribution in [1.82, 2.24) is 0 Å². The minimum atomic E-state index is -0.457. The number of hydrogen-bond donors (Lipinski definition) is 2. The highest BCUT2D eigenvalue weighted by atomic mass is 16.6. The van der Waals surface area contributed by atoms with Gasteiger partial charge in [-0.2, -0.15) is 0 Å². The summed E-state index contributed by atoms with van der Waals surface area (Å²) < 4.78 is 5.48. The largest absolute Gasteiger partial charge is 0.484 e. The SMILES string of the molecule is CC(C)Oc1cc(NC(C)C(C)CO)ccc1[N+](=O)[O-]. The second-order valence-corrected chi connectivity index (χ2v) is 5.20. The Balaban J connectivity index is 2.97. The Bertz CT molecular complexity index is 462. The third-order valence-electron chi connectivity index (χ3n) is 3.06. The highest BCUT2D eigenvalue weighted by Crippen LogP contribution is 2.31. The predicted molar refractivity (Wildman–Crippen MR) is 78.2 cm³/mol. The smallest absolute Gasteiger partial charge is 0.311 e. The van der Waals surface area contributed by atoms with Crippen LogP contribution in [-0.4, -0.2) is 28.8 Å². The van der Waals surface area contributed by atoms with Gasteiger partial charge in [-0.05, 0) is 32.8 Å². The van der Waals surface area contributed by atoms with Crippen molar-refractivity contribution in [3.05, 3.63) is 28.3 Å². The zero-order chi connectivity index (χ0) is 15.3. The Labute approximate surface area is 118 Å². The first-order valence-corrected chi connectivity index (χ1v) is 6.67. The van der Waals surface area contributed by atoms with E-state index < -0.39 is 4.92 Å². The average molecular weight is 282 g/mol. The zero-order valence-corrected chi connectivity index (χ0v) is 12.3. The molecule has 1 aromatic rings. The van der Waals surface area contributed by atoms with Gasteiger partial charge in [-0.15, -0.1) is 0 Å². The summed E-state index contributed by atoms with van der Waals surface area (Å²) in [5.41, 5.74) is 0.686. The van der Waals surface area contributed by atoms with E-state index in [9.17, 15) is 10.1 Å². The molecule has 0 saturated heterocycles. The van der Waals surface area contributed by atoms with E-state index in [4.69, 9.17) is 9.84 Å². The Kier molecular flexibility index (Phi) is 5.76. The molecule has 0 aliphatic rings. The van der Waals surface area contributed by atoms with Crippen molar-refractivity contribution in [1.29, 1.82) is 0 Å². The van der Waals surface area contributed by atoms with Crippen molar-refractivity contribution in [3.8, 4) is 5.75 Å². The molecule has 0 fully saturated rings. The molecule has 1 aromatic carbocycles. The molecule has 0 heterocycles. The van der Waals surface area contributed by atoms with E-state index in [1.807, 2.05) is 27.7 Å². The fourth-order valence-electron chi connectivity index (χ4n) is 1.67. The maximum absolute atomic E-state index is 11.0. The number of nitro groups is 1. The molecule has 0 aliphatic heterocycles. The lowest BCUT2D eigenvalue weighted by Crippen LogP contribution is -2.26. The van der Waals surface area contributed by atoms with Crippen molar-refractivity contribution >= 4 is 11.4 Å². The Hall–Kier alpha value is -1.82. The molecule has 0 aromatic heterocycles. The van der Waals surface area contributed by atoms with Crippen molar-refractivity contribution in [3.63, 3.8) is 0 Å². The van der Waals surface area contributed by atoms with Gasteiger partial charge in [-0.1, -0.05) is 6.92 Å². The number of benzene rings is 1. The molecule has 0 aliphatic carbocycles. The van der Waals surface area contributed by atoms with Crippen LogP contribution in [0.5, 0.6) is 5.75 Å². The fraction of sp³-hybridized carbons (Fsp3) is 0.571. The first kappa shape index (κ1) is 16.2. The van der Waals surface area contributed by atoms with Crippen LogP contribution in [0.15, 0.2) is 18.2 Å². The molecule has 2 unspecified atom stereocenters. The van der Waals surface area contributed by atoms with Gasteiger partial charge in [-0.25, -0.2) is 0 Å². The number of ether oxygens (including phenoxy) is 1. The van der Waals surface area contributed by atoms with Crippen molar-refractivity contribution < 1.29 is 14.8 Å². The standard InChI is InChI=1S/C14H22N2O4/c1-9(2)20-14-7-12(5-6-13(14)16(18)19)15-11(4)10(3)8-17/h5-7,9-11,15,17H,8H2,1-4H3. The summed E-state index contributed by atoms with van der Waals surface area (Å²) >= 11 is 0. The van der Waals surface area contributed by atoms with E-state index in [0.717, 1.165) is 5.69 Å². The summed E-state index contributed by atoms with van der Waals surface area (Å²) in [5.74, 6) is 0.332. The second-order valence-electron chi connectivity index (χ2n) is 5.20. The molecule has 6 heteroatoms. The van der Waals surface area contributed by atoms with Gasteiger partial charge in [-0.3, -0.25) is 10.1 Å². The van der Waals surface area contributed by atoms with Crippen LogP contribution in [-0.2, 0) is 0 Å². The Morgan fingerprint density at radius 2 is 2.00 bits per heavy atom. The molecule has 2 N–H and O–H groups in total. The zero-order valence-electron chi connectivity index (χ0n) is 12.3. The first-order valence-electron chi connectivity index (χ1n) is 6.67. The van der Waals surface area contributed by atoms with Gasteiger partial charge in [0.1, 0.15) is 0 Å². The van der Waals surface area contributed by atoms with Crippen molar-refractivity contribution in [2.45, 2.75) is 39.8 Å². The van der Waals surface area contributed by atoms with Gasteiger partial charge in [0.2, 0.25) is 0 Å². The number of nitrogens with one attached hydrogen (secondary N) is 1. The molecule has 1 rings (SSSR count). The molecule has 6 nitrogen and oxygen atoms in total. The van der Waals surface area contributed by atoms with Crippen LogP contribution >= 0.6 is 0 Å². The number of nitrogens with zero attached hydrogens (tertiary/aromatic N) is 1. The van der Waals surface area contributed by atoms with E-state index in [-0.39, 0.29) is 36.1 Å². The van der Waals surface area contributed by atoms with E-state index in [0.29, 0.717) is 0 Å². The lowest BCUT2D eigenvalue weighted by atomic mass is 10.0. The summed E-state index contributed by atoms with van der Waals surface area (Å²) in [7, 11) is 0. The van der Waals surface area contributed by atoms with Gasteiger partial charge in [0.05, 0.1) is 11.0 Å². The average Bonchev–Trinajstić information content (AvgIpc) is 2.36. The maximum atomic E-state index is 11.0. The molecular formula is C14H22N2O4. The Morgan fingerprint density at radius 1 is 1.35 bits per heavy atom. The summed E-state index contributed by atoms with van der Waals surface area (Å²) in [6.45, 7) is 7.59. The van der Waals surface area contributed by atoms with Crippen LogP contribution in [0.25, 0.3) is 0 Å². The highest BCUT2D eigenvalue weighted by molar-refractivity contribution is 5.58. The normalized spacial score (nSPS) is 13.9. The van der Waals surface area contributed by atoms with Gasteiger partial charge in [0.25, 0.3) is 0 Å². The van der Waals surface area contributed by atoms with E-state index in [2.05, 4.69) is 5.32 Å². The van der Waals surface area contributed by atoms with E-state index in [1.54, 1.807) is 12.1 Å². The molecular weight excluding hydrogens is 260 g/mol. The molecule has 0 radical (unpaired) electrons. The molecule has 112 valence electrons. The van der Waals surface area contributed by atoms with E-state index >= 15 is 0 Å². The minimum Gasteiger partial charge on any atom is -0.484 e. The number of aliphatic hydroxyl groups is 1. The van der Waals surface area contributed by atoms with Crippen molar-refractivity contribution in [2.24, 2.45) is 5.92 Å². The second kappa shape index (κ2) is 7.09. The molecule has 0 spiro atoms. The maximum Gasteiger partial charge on any atom is 0.311 e. The number of hydrogen-bond acceptors (Lipinski definition) is 5. The van der Waals surface area contributed by atoms with Crippen LogP contribution in [0, 0.1) is 16.0 Å². The predicted octanol–water partition coefficient (Wildman–Crippen LogP) is 2.81. The summed E-state index contributed by atoms with van der Waals surface area (Å²) in [4.78, 5) is 10.5. The van der Waals surface area contributed by atoms with Crippen LogP contribution in [0.4, 0.5) is 11.4 Å². The number of nitro benzene ring substituents is 1. The van der Waals surface area contributed by atoms with Crippen LogP contribution in [0.3, 0.4) is 0 Å². The van der Waals surface area contributed by atoms with Crippen LogP contribution in [0.2, 0.25) is 0 Å². The number of anilines is 1. The molecule has 0 amide bonds. The van der Waals surface area contributed by atoms with Gasteiger partial charge >= 0.3 is 5.69 Å². The monoisotopic (exact) mass is 282 g/mol. The van der Waals surface area contributed by atoms with E-state index in [1.165, 1.54) is 6.07 Å². The third kappa shape index (κ3) is 4.38. The lowest BCUT2D eigenvalue weighted by molar-refractivity contribution is -0.386. The fourth-order valence-corrected chi connectivity index (χ4v) is 1.67. The molecule has 0 bridgehead atoms. The van der Waals surface area contributed by atoms with Crippen LogP contribution in [0.1, 0.15) is 27.7 Å². The van der Waals surface area contributed by atoms with Crippen LogP contribution < -0.4 is 10.1 Å². The quantitative estimate of drug-likeness (QED) is 0.593.